The normalized spacial score (nSPS) is 24.4. The SMILES string of the molecule is BrCCN(CC1CCOCC1)C1CCC1. The van der Waals surface area contributed by atoms with Crippen LogP contribution in [0, 0.1) is 5.92 Å². The maximum Gasteiger partial charge on any atom is 0.0469 e. The van der Waals surface area contributed by atoms with E-state index >= 15 is 0 Å². The highest BCUT2D eigenvalue weighted by molar-refractivity contribution is 9.09. The average molecular weight is 276 g/mol. The van der Waals surface area contributed by atoms with Gasteiger partial charge < -0.3 is 4.74 Å². The second-order valence-corrected chi connectivity index (χ2v) is 5.62. The van der Waals surface area contributed by atoms with Gasteiger partial charge in [-0.3, -0.25) is 4.90 Å². The van der Waals surface area contributed by atoms with E-state index < -0.39 is 0 Å². The predicted octanol–water partition coefficient (Wildman–Crippen LogP) is 2.66. The molecular formula is C12H22BrNO. The lowest BCUT2D eigenvalue weighted by atomic mass is 9.89. The lowest BCUT2D eigenvalue weighted by Crippen LogP contribution is -2.44. The number of hydrogen-bond donors (Lipinski definition) is 0. The molecule has 2 nitrogen and oxygen atoms in total. The molecule has 1 heterocycles. The summed E-state index contributed by atoms with van der Waals surface area (Å²) in [7, 11) is 0. The van der Waals surface area contributed by atoms with Gasteiger partial charge in [0.05, 0.1) is 0 Å². The van der Waals surface area contributed by atoms with E-state index in [-0.39, 0.29) is 0 Å². The Bertz CT molecular complexity index is 178. The lowest BCUT2D eigenvalue weighted by molar-refractivity contribution is 0.0372. The summed E-state index contributed by atoms with van der Waals surface area (Å²) in [6, 6.07) is 0.894. The first-order valence-electron chi connectivity index (χ1n) is 6.28. The number of ether oxygens (including phenoxy) is 1. The Labute approximate surface area is 101 Å². The second-order valence-electron chi connectivity index (χ2n) is 4.82. The Balaban J connectivity index is 1.76. The Morgan fingerprint density at radius 1 is 1.13 bits per heavy atom. The molecule has 0 bridgehead atoms. The minimum atomic E-state index is 0.887. The molecular weight excluding hydrogens is 254 g/mol. The van der Waals surface area contributed by atoms with Gasteiger partial charge in [-0.25, -0.2) is 0 Å². The molecule has 0 amide bonds. The third-order valence-electron chi connectivity index (χ3n) is 3.80. The molecule has 0 spiro atoms. The molecule has 0 aromatic carbocycles. The molecule has 0 unspecified atom stereocenters. The van der Waals surface area contributed by atoms with E-state index in [1.165, 1.54) is 45.2 Å². The van der Waals surface area contributed by atoms with Gasteiger partial charge in [0, 0.05) is 37.7 Å². The molecule has 3 heteroatoms. The third kappa shape index (κ3) is 3.43. The fourth-order valence-electron chi connectivity index (χ4n) is 2.54. The van der Waals surface area contributed by atoms with Crippen LogP contribution in [-0.4, -0.2) is 42.6 Å². The van der Waals surface area contributed by atoms with Gasteiger partial charge in [-0.15, -0.1) is 0 Å². The first-order valence-corrected chi connectivity index (χ1v) is 7.40. The molecule has 0 aromatic rings. The molecule has 1 aliphatic heterocycles. The van der Waals surface area contributed by atoms with Crippen LogP contribution in [0.3, 0.4) is 0 Å². The topological polar surface area (TPSA) is 12.5 Å². The number of nitrogens with zero attached hydrogens (tertiary/aromatic N) is 1. The molecule has 1 aliphatic carbocycles. The zero-order valence-electron chi connectivity index (χ0n) is 9.46. The van der Waals surface area contributed by atoms with Gasteiger partial charge in [0.2, 0.25) is 0 Å². The smallest absolute Gasteiger partial charge is 0.0469 e. The van der Waals surface area contributed by atoms with Crippen molar-refractivity contribution in [1.82, 2.24) is 4.90 Å². The third-order valence-corrected chi connectivity index (χ3v) is 4.15. The molecule has 2 fully saturated rings. The van der Waals surface area contributed by atoms with Crippen LogP contribution in [-0.2, 0) is 4.74 Å². The zero-order chi connectivity index (χ0) is 10.5. The largest absolute Gasteiger partial charge is 0.381 e. The van der Waals surface area contributed by atoms with Gasteiger partial charge in [0.25, 0.3) is 0 Å². The number of hydrogen-bond acceptors (Lipinski definition) is 2. The Kier molecular flexibility index (Phi) is 4.92. The van der Waals surface area contributed by atoms with Crippen LogP contribution < -0.4 is 0 Å². The molecule has 0 radical (unpaired) electrons. The molecule has 2 rings (SSSR count). The second kappa shape index (κ2) is 6.21. The van der Waals surface area contributed by atoms with E-state index in [2.05, 4.69) is 20.8 Å². The van der Waals surface area contributed by atoms with E-state index in [1.54, 1.807) is 0 Å². The van der Waals surface area contributed by atoms with Crippen molar-refractivity contribution in [3.63, 3.8) is 0 Å². The van der Waals surface area contributed by atoms with Crippen molar-refractivity contribution in [2.75, 3.05) is 31.6 Å². The van der Waals surface area contributed by atoms with Gasteiger partial charge in [0.1, 0.15) is 0 Å². The average Bonchev–Trinajstić information content (AvgIpc) is 2.17. The Hall–Kier alpha value is 0.400. The maximum absolute atomic E-state index is 5.41. The van der Waals surface area contributed by atoms with Crippen molar-refractivity contribution < 1.29 is 4.74 Å². The highest BCUT2D eigenvalue weighted by Gasteiger charge is 2.27. The minimum absolute atomic E-state index is 0.887. The highest BCUT2D eigenvalue weighted by Crippen LogP contribution is 2.27. The summed E-state index contributed by atoms with van der Waals surface area (Å²) in [4.78, 5) is 2.70. The van der Waals surface area contributed by atoms with E-state index in [4.69, 9.17) is 4.74 Å². The number of rotatable bonds is 5. The van der Waals surface area contributed by atoms with Crippen LogP contribution in [0.25, 0.3) is 0 Å². The van der Waals surface area contributed by atoms with E-state index in [9.17, 15) is 0 Å². The summed E-state index contributed by atoms with van der Waals surface area (Å²) in [5.74, 6) is 0.887. The first kappa shape index (κ1) is 11.9. The zero-order valence-corrected chi connectivity index (χ0v) is 11.0. The van der Waals surface area contributed by atoms with Crippen LogP contribution in [0.4, 0.5) is 0 Å². The van der Waals surface area contributed by atoms with E-state index in [0.717, 1.165) is 30.5 Å². The molecule has 1 saturated carbocycles. The van der Waals surface area contributed by atoms with Crippen LogP contribution in [0.1, 0.15) is 32.1 Å². The Morgan fingerprint density at radius 3 is 2.40 bits per heavy atom. The summed E-state index contributed by atoms with van der Waals surface area (Å²) in [5, 5.41) is 1.12. The van der Waals surface area contributed by atoms with Crippen LogP contribution in [0.5, 0.6) is 0 Å². The van der Waals surface area contributed by atoms with Crippen molar-refractivity contribution in [2.24, 2.45) is 5.92 Å². The molecule has 1 saturated heterocycles. The van der Waals surface area contributed by atoms with Gasteiger partial charge in [-0.2, -0.15) is 0 Å². The summed E-state index contributed by atoms with van der Waals surface area (Å²) in [6.07, 6.45) is 6.83. The van der Waals surface area contributed by atoms with Gasteiger partial charge in [0.15, 0.2) is 0 Å². The fraction of sp³-hybridized carbons (Fsp3) is 1.00. The van der Waals surface area contributed by atoms with Crippen LogP contribution in [0.2, 0.25) is 0 Å². The molecule has 15 heavy (non-hydrogen) atoms. The van der Waals surface area contributed by atoms with E-state index in [1.807, 2.05) is 0 Å². The van der Waals surface area contributed by atoms with Crippen LogP contribution in [0.15, 0.2) is 0 Å². The fourth-order valence-corrected chi connectivity index (χ4v) is 3.00. The first-order chi connectivity index (χ1) is 7.40. The van der Waals surface area contributed by atoms with Gasteiger partial charge >= 0.3 is 0 Å². The summed E-state index contributed by atoms with van der Waals surface area (Å²) in [6.45, 7) is 4.50. The number of alkyl halides is 1. The number of halogens is 1. The van der Waals surface area contributed by atoms with Crippen molar-refractivity contribution in [1.29, 1.82) is 0 Å². The molecule has 2 aliphatic rings. The predicted molar refractivity (Wildman–Crippen MR) is 66.5 cm³/mol. The van der Waals surface area contributed by atoms with Gasteiger partial charge in [-0.1, -0.05) is 22.4 Å². The molecule has 0 aromatic heterocycles. The molecule has 0 N–H and O–H groups in total. The summed E-state index contributed by atoms with van der Waals surface area (Å²) < 4.78 is 5.41. The van der Waals surface area contributed by atoms with Crippen molar-refractivity contribution >= 4 is 15.9 Å². The van der Waals surface area contributed by atoms with E-state index in [0.29, 0.717) is 0 Å². The monoisotopic (exact) mass is 275 g/mol. The Morgan fingerprint density at radius 2 is 1.87 bits per heavy atom. The minimum Gasteiger partial charge on any atom is -0.381 e. The van der Waals surface area contributed by atoms with Crippen LogP contribution >= 0.6 is 15.9 Å². The lowest BCUT2D eigenvalue weighted by Gasteiger charge is -2.40. The summed E-state index contributed by atoms with van der Waals surface area (Å²) >= 11 is 3.57. The maximum atomic E-state index is 5.41. The quantitative estimate of drug-likeness (QED) is 0.716. The summed E-state index contributed by atoms with van der Waals surface area (Å²) in [5.41, 5.74) is 0. The molecule has 0 atom stereocenters. The standard InChI is InChI=1S/C12H22BrNO/c13-6-7-14(12-2-1-3-12)10-11-4-8-15-9-5-11/h11-12H,1-10H2. The van der Waals surface area contributed by atoms with Crippen molar-refractivity contribution in [3.8, 4) is 0 Å². The van der Waals surface area contributed by atoms with Crippen molar-refractivity contribution in [3.05, 3.63) is 0 Å². The molecule has 88 valence electrons. The van der Waals surface area contributed by atoms with Gasteiger partial charge in [-0.05, 0) is 31.6 Å². The highest BCUT2D eigenvalue weighted by atomic mass is 79.9. The van der Waals surface area contributed by atoms with Crippen molar-refractivity contribution in [2.45, 2.75) is 38.1 Å².